The molecule has 3 heterocycles. The highest BCUT2D eigenvalue weighted by molar-refractivity contribution is 5.95. The summed E-state index contributed by atoms with van der Waals surface area (Å²) in [6, 6.07) is 11.7. The third-order valence-corrected chi connectivity index (χ3v) is 5.51. The molecule has 0 saturated carbocycles. The van der Waals surface area contributed by atoms with E-state index >= 15 is 0 Å². The van der Waals surface area contributed by atoms with E-state index in [0.717, 1.165) is 35.9 Å². The number of hydrogen-bond donors (Lipinski definition) is 1. The van der Waals surface area contributed by atoms with Gasteiger partial charge in [-0.05, 0) is 49.9 Å². The van der Waals surface area contributed by atoms with Gasteiger partial charge in [0.15, 0.2) is 0 Å². The maximum atomic E-state index is 12.7. The van der Waals surface area contributed by atoms with Crippen LogP contribution in [-0.2, 0) is 6.54 Å². The molecule has 3 aromatic rings. The predicted molar refractivity (Wildman–Crippen MR) is 116 cm³/mol. The Morgan fingerprint density at radius 3 is 2.63 bits per heavy atom. The number of piperidine rings is 1. The second-order valence-corrected chi connectivity index (χ2v) is 7.48. The van der Waals surface area contributed by atoms with Crippen LogP contribution in [0.2, 0.25) is 0 Å². The second-order valence-electron chi connectivity index (χ2n) is 7.48. The molecule has 1 aromatic carbocycles. The monoisotopic (exact) mass is 405 g/mol. The van der Waals surface area contributed by atoms with Crippen molar-refractivity contribution in [2.75, 3.05) is 25.1 Å². The minimum absolute atomic E-state index is 0.159. The van der Waals surface area contributed by atoms with Gasteiger partial charge in [-0.25, -0.2) is 9.67 Å². The molecule has 30 heavy (non-hydrogen) atoms. The van der Waals surface area contributed by atoms with Crippen LogP contribution in [-0.4, -0.2) is 40.9 Å². The minimum Gasteiger partial charge on any atom is -0.494 e. The number of nitrogens with one attached hydrogen (secondary N) is 1. The summed E-state index contributed by atoms with van der Waals surface area (Å²) in [4.78, 5) is 19.6. The fourth-order valence-corrected chi connectivity index (χ4v) is 3.79. The summed E-state index contributed by atoms with van der Waals surface area (Å²) < 4.78 is 7.14. The summed E-state index contributed by atoms with van der Waals surface area (Å²) in [7, 11) is 1.62. The van der Waals surface area contributed by atoms with E-state index in [-0.39, 0.29) is 5.91 Å². The van der Waals surface area contributed by atoms with Gasteiger partial charge in [0, 0.05) is 25.8 Å². The highest BCUT2D eigenvalue weighted by Crippen LogP contribution is 2.24. The number of carbonyl (C=O) groups excluding carboxylic acids is 1. The van der Waals surface area contributed by atoms with Crippen molar-refractivity contribution >= 4 is 11.7 Å². The van der Waals surface area contributed by atoms with E-state index in [1.165, 1.54) is 19.3 Å². The zero-order chi connectivity index (χ0) is 20.9. The van der Waals surface area contributed by atoms with Crippen LogP contribution in [0, 0.1) is 6.92 Å². The number of ether oxygens (including phenoxy) is 1. The number of para-hydroxylation sites is 2. The first-order valence-corrected chi connectivity index (χ1v) is 10.3. The van der Waals surface area contributed by atoms with Crippen molar-refractivity contribution in [3.8, 4) is 11.4 Å². The largest absolute Gasteiger partial charge is 0.494 e. The van der Waals surface area contributed by atoms with Crippen LogP contribution in [0.5, 0.6) is 5.75 Å². The standard InChI is InChI=1S/C23H27N5O2/c1-17-19(16-26-28(17)20-8-4-5-9-21(20)30-2)23(29)25-15-18-10-11-22(24-14-18)27-12-6-3-7-13-27/h4-5,8-11,14,16H,3,6-7,12-13,15H2,1-2H3,(H,25,29). The van der Waals surface area contributed by atoms with Crippen molar-refractivity contribution in [3.63, 3.8) is 0 Å². The summed E-state index contributed by atoms with van der Waals surface area (Å²) in [6.45, 7) is 4.44. The summed E-state index contributed by atoms with van der Waals surface area (Å²) >= 11 is 0. The molecule has 7 nitrogen and oxygen atoms in total. The van der Waals surface area contributed by atoms with Gasteiger partial charge in [-0.1, -0.05) is 18.2 Å². The molecule has 1 aliphatic rings. The Kier molecular flexibility index (Phi) is 5.97. The van der Waals surface area contributed by atoms with Gasteiger partial charge in [0.25, 0.3) is 5.91 Å². The second kappa shape index (κ2) is 8.98. The Bertz CT molecular complexity index is 1010. The molecule has 1 N–H and O–H groups in total. The normalized spacial score (nSPS) is 13.9. The van der Waals surface area contributed by atoms with Crippen LogP contribution >= 0.6 is 0 Å². The Morgan fingerprint density at radius 2 is 1.90 bits per heavy atom. The van der Waals surface area contributed by atoms with E-state index in [9.17, 15) is 4.79 Å². The number of anilines is 1. The van der Waals surface area contributed by atoms with Crippen molar-refractivity contribution in [3.05, 3.63) is 65.6 Å². The van der Waals surface area contributed by atoms with Gasteiger partial charge >= 0.3 is 0 Å². The molecule has 2 aromatic heterocycles. The van der Waals surface area contributed by atoms with Gasteiger partial charge in [0.1, 0.15) is 17.3 Å². The predicted octanol–water partition coefficient (Wildman–Crippen LogP) is 3.50. The topological polar surface area (TPSA) is 72.3 Å². The number of methoxy groups -OCH3 is 1. The lowest BCUT2D eigenvalue weighted by atomic mass is 10.1. The molecule has 0 radical (unpaired) electrons. The van der Waals surface area contributed by atoms with Gasteiger partial charge < -0.3 is 15.0 Å². The molecule has 0 aliphatic carbocycles. The molecule has 1 fully saturated rings. The Labute approximate surface area is 176 Å². The summed E-state index contributed by atoms with van der Waals surface area (Å²) in [6.07, 6.45) is 7.18. The van der Waals surface area contributed by atoms with Gasteiger partial charge in [-0.2, -0.15) is 5.10 Å². The van der Waals surface area contributed by atoms with Crippen molar-refractivity contribution in [2.45, 2.75) is 32.7 Å². The fraction of sp³-hybridized carbons (Fsp3) is 0.348. The Hall–Kier alpha value is -3.35. The maximum absolute atomic E-state index is 12.7. The van der Waals surface area contributed by atoms with E-state index in [1.54, 1.807) is 18.0 Å². The van der Waals surface area contributed by atoms with E-state index in [0.29, 0.717) is 17.9 Å². The Balaban J connectivity index is 1.41. The molecule has 4 rings (SSSR count). The number of aromatic nitrogens is 3. The van der Waals surface area contributed by atoms with Crippen molar-refractivity contribution < 1.29 is 9.53 Å². The molecule has 0 bridgehead atoms. The third kappa shape index (κ3) is 4.15. The molecular weight excluding hydrogens is 378 g/mol. The molecule has 156 valence electrons. The molecular formula is C23H27N5O2. The molecule has 0 atom stereocenters. The average Bonchev–Trinajstić information content (AvgIpc) is 3.19. The van der Waals surface area contributed by atoms with Gasteiger partial charge in [-0.3, -0.25) is 4.79 Å². The van der Waals surface area contributed by atoms with Crippen LogP contribution in [0.3, 0.4) is 0 Å². The number of amides is 1. The maximum Gasteiger partial charge on any atom is 0.255 e. The van der Waals surface area contributed by atoms with Gasteiger partial charge in [0.05, 0.1) is 24.6 Å². The van der Waals surface area contributed by atoms with Gasteiger partial charge in [-0.15, -0.1) is 0 Å². The van der Waals surface area contributed by atoms with E-state index < -0.39 is 0 Å². The van der Waals surface area contributed by atoms with Gasteiger partial charge in [0.2, 0.25) is 0 Å². The van der Waals surface area contributed by atoms with E-state index in [2.05, 4.69) is 20.3 Å². The molecule has 1 saturated heterocycles. The quantitative estimate of drug-likeness (QED) is 0.680. The highest BCUT2D eigenvalue weighted by Gasteiger charge is 2.17. The zero-order valence-corrected chi connectivity index (χ0v) is 17.5. The summed E-state index contributed by atoms with van der Waals surface area (Å²) in [5, 5.41) is 7.36. The van der Waals surface area contributed by atoms with Crippen molar-refractivity contribution in [1.82, 2.24) is 20.1 Å². The van der Waals surface area contributed by atoms with Crippen LogP contribution < -0.4 is 15.0 Å². The molecule has 1 amide bonds. The van der Waals surface area contributed by atoms with Crippen LogP contribution in [0.15, 0.2) is 48.8 Å². The SMILES string of the molecule is COc1ccccc1-n1ncc(C(=O)NCc2ccc(N3CCCCC3)nc2)c1C. The van der Waals surface area contributed by atoms with Crippen molar-refractivity contribution in [1.29, 1.82) is 0 Å². The van der Waals surface area contributed by atoms with E-state index in [1.807, 2.05) is 49.5 Å². The van der Waals surface area contributed by atoms with Crippen LogP contribution in [0.4, 0.5) is 5.82 Å². The highest BCUT2D eigenvalue weighted by atomic mass is 16.5. The minimum atomic E-state index is -0.159. The van der Waals surface area contributed by atoms with Crippen LogP contribution in [0.1, 0.15) is 40.9 Å². The smallest absolute Gasteiger partial charge is 0.255 e. The van der Waals surface area contributed by atoms with Crippen LogP contribution in [0.25, 0.3) is 5.69 Å². The molecule has 7 heteroatoms. The molecule has 1 aliphatic heterocycles. The fourth-order valence-electron chi connectivity index (χ4n) is 3.79. The lowest BCUT2D eigenvalue weighted by Gasteiger charge is -2.27. The first-order valence-electron chi connectivity index (χ1n) is 10.3. The number of carbonyl (C=O) groups is 1. The molecule has 0 unspecified atom stereocenters. The molecule has 0 spiro atoms. The summed E-state index contributed by atoms with van der Waals surface area (Å²) in [5.41, 5.74) is 3.07. The Morgan fingerprint density at radius 1 is 1.10 bits per heavy atom. The first-order chi connectivity index (χ1) is 14.7. The number of rotatable bonds is 6. The zero-order valence-electron chi connectivity index (χ0n) is 17.5. The number of pyridine rings is 1. The third-order valence-electron chi connectivity index (χ3n) is 5.51. The first kappa shape index (κ1) is 19.9. The number of benzene rings is 1. The lowest BCUT2D eigenvalue weighted by Crippen LogP contribution is -2.30. The van der Waals surface area contributed by atoms with E-state index in [4.69, 9.17) is 4.74 Å². The average molecular weight is 406 g/mol. The number of hydrogen-bond acceptors (Lipinski definition) is 5. The number of nitrogens with zero attached hydrogens (tertiary/aromatic N) is 4. The summed E-state index contributed by atoms with van der Waals surface area (Å²) in [5.74, 6) is 1.56. The van der Waals surface area contributed by atoms with Crippen molar-refractivity contribution in [2.24, 2.45) is 0 Å². The lowest BCUT2D eigenvalue weighted by molar-refractivity contribution is 0.0950.